The van der Waals surface area contributed by atoms with Crippen molar-refractivity contribution in [2.75, 3.05) is 44.4 Å². The number of halogens is 1. The van der Waals surface area contributed by atoms with Crippen LogP contribution in [0.25, 0.3) is 22.6 Å². The van der Waals surface area contributed by atoms with Crippen LogP contribution >= 0.6 is 0 Å². The van der Waals surface area contributed by atoms with Gasteiger partial charge in [0.05, 0.1) is 36.6 Å². The normalized spacial score (nSPS) is 22.9. The molecule has 11 nitrogen and oxygen atoms in total. The molecule has 0 unspecified atom stereocenters. The Morgan fingerprint density at radius 2 is 1.82 bits per heavy atom. The van der Waals surface area contributed by atoms with Gasteiger partial charge in [0.25, 0.3) is 0 Å². The molecule has 4 heterocycles. The minimum absolute atomic E-state index is 0.191. The van der Waals surface area contributed by atoms with Crippen molar-refractivity contribution in [2.45, 2.75) is 32.1 Å². The van der Waals surface area contributed by atoms with Crippen molar-refractivity contribution in [3.05, 3.63) is 48.2 Å². The molecule has 4 N–H and O–H groups in total. The first-order valence-corrected chi connectivity index (χ1v) is 14.4. The third kappa shape index (κ3) is 6.53. The van der Waals surface area contributed by atoms with Crippen molar-refractivity contribution < 1.29 is 22.3 Å². The predicted octanol–water partition coefficient (Wildman–Crippen LogP) is 2.44. The quantitative estimate of drug-likeness (QED) is 0.336. The molecule has 0 aliphatic carbocycles. The number of benzene rings is 1. The summed E-state index contributed by atoms with van der Waals surface area (Å²) in [6.07, 6.45) is 3.98. The van der Waals surface area contributed by atoms with Gasteiger partial charge in [-0.25, -0.2) is 32.5 Å². The summed E-state index contributed by atoms with van der Waals surface area (Å²) in [5.74, 6) is 0.612. The van der Waals surface area contributed by atoms with E-state index < -0.39 is 21.7 Å². The molecule has 2 aromatic heterocycles. The Hall–Kier alpha value is -2.97. The van der Waals surface area contributed by atoms with E-state index in [1.54, 1.807) is 24.4 Å². The Bertz CT molecular complexity index is 1350. The molecule has 0 bridgehead atoms. The highest BCUT2D eigenvalue weighted by Gasteiger charge is 2.36. The van der Waals surface area contributed by atoms with Crippen LogP contribution in [-0.2, 0) is 19.5 Å². The van der Waals surface area contributed by atoms with Crippen LogP contribution in [0.1, 0.15) is 31.9 Å². The zero-order valence-corrected chi connectivity index (χ0v) is 22.1. The van der Waals surface area contributed by atoms with Gasteiger partial charge in [0, 0.05) is 29.8 Å². The predicted molar refractivity (Wildman–Crippen MR) is 140 cm³/mol. The van der Waals surface area contributed by atoms with Crippen molar-refractivity contribution in [1.29, 1.82) is 0 Å². The molecule has 204 valence electrons. The molecule has 13 heteroatoms. The van der Waals surface area contributed by atoms with Gasteiger partial charge in [-0.1, -0.05) is 6.92 Å². The summed E-state index contributed by atoms with van der Waals surface area (Å²) in [5, 5.41) is 6.76. The van der Waals surface area contributed by atoms with Gasteiger partial charge in [-0.3, -0.25) is 0 Å². The van der Waals surface area contributed by atoms with Gasteiger partial charge in [-0.15, -0.1) is 0 Å². The van der Waals surface area contributed by atoms with Gasteiger partial charge in [-0.2, -0.15) is 0 Å². The Morgan fingerprint density at radius 1 is 1.11 bits per heavy atom. The summed E-state index contributed by atoms with van der Waals surface area (Å²) in [7, 11) is -3.33. The van der Waals surface area contributed by atoms with Crippen LogP contribution in [0.3, 0.4) is 0 Å². The summed E-state index contributed by atoms with van der Waals surface area (Å²) in [5.41, 5.74) is 1.99. The van der Waals surface area contributed by atoms with Gasteiger partial charge >= 0.3 is 0 Å². The number of hydrogen-bond acceptors (Lipinski definition) is 9. The monoisotopic (exact) mass is 545 g/mol. The van der Waals surface area contributed by atoms with Gasteiger partial charge in [0.15, 0.2) is 5.82 Å². The van der Waals surface area contributed by atoms with Gasteiger partial charge in [-0.05, 0) is 56.3 Å². The summed E-state index contributed by atoms with van der Waals surface area (Å²) in [6.45, 7) is 4.49. The molecule has 0 spiro atoms. The summed E-state index contributed by atoms with van der Waals surface area (Å²) in [4.78, 5) is 17.2. The van der Waals surface area contributed by atoms with Crippen LogP contribution in [0, 0.1) is 11.2 Å². The number of sulfonamides is 1. The number of nitrogens with zero attached hydrogens (tertiary/aromatic N) is 3. The van der Waals surface area contributed by atoms with Gasteiger partial charge in [0.1, 0.15) is 5.82 Å². The standard InChI is InChI=1S/C25H32FN7O4S/c1-25(13-29-38(2,34)35)14-36-23(37-15-25)22-32-20(16-3-5-17(26)6-4-16)21(33-22)19-9-12-28-24(31-19)30-18-7-10-27-11-8-18/h3-6,9,12,18,23,27,29H,7-8,10-11,13-15H2,1-2H3,(H,32,33)(H,28,30,31). The van der Waals surface area contributed by atoms with Crippen LogP contribution in [0.15, 0.2) is 36.5 Å². The van der Waals surface area contributed by atoms with Crippen LogP contribution < -0.4 is 15.4 Å². The molecule has 2 saturated heterocycles. The highest BCUT2D eigenvalue weighted by atomic mass is 32.2. The third-order valence-corrected chi connectivity index (χ3v) is 7.24. The largest absolute Gasteiger partial charge is 0.351 e. The Labute approximate surface area is 221 Å². The van der Waals surface area contributed by atoms with E-state index in [9.17, 15) is 12.8 Å². The number of hydrogen-bond donors (Lipinski definition) is 4. The van der Waals surface area contributed by atoms with Crippen molar-refractivity contribution in [3.8, 4) is 22.6 Å². The van der Waals surface area contributed by atoms with E-state index in [0.717, 1.165) is 32.2 Å². The van der Waals surface area contributed by atoms with Crippen LogP contribution in [-0.4, -0.2) is 73.5 Å². The maximum atomic E-state index is 13.7. The topological polar surface area (TPSA) is 143 Å². The molecule has 0 saturated carbocycles. The Balaban J connectivity index is 1.40. The average molecular weight is 546 g/mol. The molecule has 0 atom stereocenters. The SMILES string of the molecule is CC1(CNS(C)(=O)=O)COC(c2nc(-c3ccc(F)cc3)c(-c3ccnc(NC4CCNCC4)n3)[nH]2)OC1. The second-order valence-electron chi connectivity index (χ2n) is 10.1. The second-order valence-corrected chi connectivity index (χ2v) is 12.0. The van der Waals surface area contributed by atoms with Crippen molar-refractivity contribution in [1.82, 2.24) is 30.0 Å². The van der Waals surface area contributed by atoms with E-state index in [4.69, 9.17) is 19.4 Å². The van der Waals surface area contributed by atoms with Crippen LogP contribution in [0.4, 0.5) is 10.3 Å². The number of anilines is 1. The van der Waals surface area contributed by atoms with Crippen LogP contribution in [0.2, 0.25) is 0 Å². The van der Waals surface area contributed by atoms with Crippen LogP contribution in [0.5, 0.6) is 0 Å². The molecule has 0 radical (unpaired) electrons. The fraction of sp³-hybridized carbons (Fsp3) is 0.480. The van der Waals surface area contributed by atoms with Gasteiger partial charge in [0.2, 0.25) is 22.3 Å². The zero-order chi connectivity index (χ0) is 26.8. The highest BCUT2D eigenvalue weighted by Crippen LogP contribution is 2.35. The Morgan fingerprint density at radius 3 is 2.50 bits per heavy atom. The lowest BCUT2D eigenvalue weighted by atomic mass is 9.92. The molecule has 3 aromatic rings. The van der Waals surface area contributed by atoms with E-state index in [0.29, 0.717) is 34.4 Å². The van der Waals surface area contributed by atoms with Crippen molar-refractivity contribution in [2.24, 2.45) is 5.41 Å². The lowest BCUT2D eigenvalue weighted by molar-refractivity contribution is -0.231. The summed E-state index contributed by atoms with van der Waals surface area (Å²) >= 11 is 0. The molecule has 0 amide bonds. The number of rotatable bonds is 8. The molecular formula is C25H32FN7O4S. The van der Waals surface area contributed by atoms with Crippen molar-refractivity contribution in [3.63, 3.8) is 0 Å². The molecule has 38 heavy (non-hydrogen) atoms. The third-order valence-electron chi connectivity index (χ3n) is 6.57. The second kappa shape index (κ2) is 11.0. The fourth-order valence-electron chi connectivity index (χ4n) is 4.43. The number of nitrogens with one attached hydrogen (secondary N) is 4. The molecule has 1 aromatic carbocycles. The number of aromatic nitrogens is 4. The summed E-state index contributed by atoms with van der Waals surface area (Å²) < 4.78 is 51.2. The average Bonchev–Trinajstić information content (AvgIpc) is 3.34. The van der Waals surface area contributed by atoms with E-state index in [1.165, 1.54) is 12.1 Å². The lowest BCUT2D eigenvalue weighted by Gasteiger charge is -2.36. The highest BCUT2D eigenvalue weighted by molar-refractivity contribution is 7.88. The smallest absolute Gasteiger partial charge is 0.223 e. The Kier molecular flexibility index (Phi) is 7.73. The fourth-order valence-corrected chi connectivity index (χ4v) is 5.04. The number of imidazole rings is 1. The van der Waals surface area contributed by atoms with Gasteiger partial charge < -0.3 is 25.1 Å². The number of H-pyrrole nitrogens is 1. The first-order valence-electron chi connectivity index (χ1n) is 12.5. The minimum atomic E-state index is -3.33. The lowest BCUT2D eigenvalue weighted by Crippen LogP contribution is -2.45. The maximum Gasteiger partial charge on any atom is 0.223 e. The molecular weight excluding hydrogens is 513 g/mol. The number of ether oxygens (including phenoxy) is 2. The van der Waals surface area contributed by atoms with E-state index in [-0.39, 0.29) is 31.6 Å². The molecule has 2 fully saturated rings. The van der Waals surface area contributed by atoms with E-state index >= 15 is 0 Å². The number of aromatic amines is 1. The molecule has 2 aliphatic heterocycles. The first kappa shape index (κ1) is 26.6. The van der Waals surface area contributed by atoms with E-state index in [2.05, 4.69) is 25.3 Å². The maximum absolute atomic E-state index is 13.7. The van der Waals surface area contributed by atoms with Crippen molar-refractivity contribution >= 4 is 16.0 Å². The zero-order valence-electron chi connectivity index (χ0n) is 21.3. The van der Waals surface area contributed by atoms with E-state index in [1.807, 2.05) is 6.92 Å². The number of piperidine rings is 1. The first-order chi connectivity index (χ1) is 18.2. The summed E-state index contributed by atoms with van der Waals surface area (Å²) in [6, 6.07) is 8.15. The molecule has 5 rings (SSSR count). The minimum Gasteiger partial charge on any atom is -0.351 e. The molecule has 2 aliphatic rings.